The van der Waals surface area contributed by atoms with E-state index in [9.17, 15) is 14.7 Å². The van der Waals surface area contributed by atoms with Crippen LogP contribution < -0.4 is 10.4 Å². The van der Waals surface area contributed by atoms with E-state index in [0.29, 0.717) is 30.7 Å². The molecule has 4 atom stereocenters. The second-order valence-corrected chi connectivity index (χ2v) is 11.3. The summed E-state index contributed by atoms with van der Waals surface area (Å²) >= 11 is 0. The normalized spacial score (nSPS) is 25.9. The number of carbonyl (C=O) groups excluding carboxylic acids is 1. The van der Waals surface area contributed by atoms with Crippen molar-refractivity contribution in [2.24, 2.45) is 5.92 Å². The highest BCUT2D eigenvalue weighted by Gasteiger charge is 2.50. The minimum absolute atomic E-state index is 0.00924. The van der Waals surface area contributed by atoms with Gasteiger partial charge in [0.05, 0.1) is 11.6 Å². The molecular weight excluding hydrogens is 478 g/mol. The van der Waals surface area contributed by atoms with Gasteiger partial charge in [0, 0.05) is 29.5 Å². The number of nitrogens with zero attached hydrogens (tertiary/aromatic N) is 1. The zero-order valence-corrected chi connectivity index (χ0v) is 22.2. The molecule has 6 nitrogen and oxygen atoms in total. The minimum atomic E-state index is -0.729. The Kier molecular flexibility index (Phi) is 6.77. The van der Waals surface area contributed by atoms with Crippen LogP contribution in [-0.4, -0.2) is 34.2 Å². The molecule has 6 heteroatoms. The number of aliphatic hydroxyl groups is 1. The van der Waals surface area contributed by atoms with Gasteiger partial charge in [-0.25, -0.2) is 4.79 Å². The monoisotopic (exact) mass is 515 g/mol. The number of hydrogen-bond acceptors (Lipinski definition) is 5. The van der Waals surface area contributed by atoms with E-state index in [1.807, 2.05) is 42.2 Å². The van der Waals surface area contributed by atoms with Crippen LogP contribution in [0.2, 0.25) is 0 Å². The van der Waals surface area contributed by atoms with Crippen molar-refractivity contribution in [3.8, 4) is 5.75 Å². The van der Waals surface area contributed by atoms with Crippen LogP contribution >= 0.6 is 0 Å². The third-order valence-corrected chi connectivity index (χ3v) is 9.11. The summed E-state index contributed by atoms with van der Waals surface area (Å²) in [7, 11) is 0. The van der Waals surface area contributed by atoms with Crippen LogP contribution in [0.25, 0.3) is 11.0 Å². The predicted octanol–water partition coefficient (Wildman–Crippen LogP) is 5.72. The molecule has 0 radical (unpaired) electrons. The number of piperidine rings is 1. The molecule has 1 saturated carbocycles. The second-order valence-electron chi connectivity index (χ2n) is 11.3. The SMILES string of the molecule is CC[C@H](Oc1ccc2c3c(c(=O)oc2c1)CCCC3)C(=O)N1CC[C@@]2(O)CCCC[C@@H]2[C@@H]1c1ccccc1. The number of carbonyl (C=O) groups is 1. The number of hydrogen-bond donors (Lipinski definition) is 1. The summed E-state index contributed by atoms with van der Waals surface area (Å²) in [6.45, 7) is 2.46. The molecule has 1 N–H and O–H groups in total. The quantitative estimate of drug-likeness (QED) is 0.440. The molecule has 0 unspecified atom stereocenters. The molecular formula is C32H37NO5. The first-order chi connectivity index (χ1) is 18.5. The lowest BCUT2D eigenvalue weighted by Crippen LogP contribution is -2.58. The van der Waals surface area contributed by atoms with E-state index in [4.69, 9.17) is 9.15 Å². The zero-order valence-electron chi connectivity index (χ0n) is 22.2. The lowest BCUT2D eigenvalue weighted by Gasteiger charge is -2.53. The minimum Gasteiger partial charge on any atom is -0.480 e. The van der Waals surface area contributed by atoms with Crippen molar-refractivity contribution in [1.82, 2.24) is 4.90 Å². The van der Waals surface area contributed by atoms with Gasteiger partial charge in [0.25, 0.3) is 5.91 Å². The van der Waals surface area contributed by atoms with Gasteiger partial charge in [0.2, 0.25) is 0 Å². The molecule has 1 saturated heterocycles. The molecule has 0 spiro atoms. The van der Waals surface area contributed by atoms with Gasteiger partial charge < -0.3 is 19.2 Å². The standard InChI is InChI=1S/C32H37NO5/c1-2-27(37-22-15-16-24-23-12-6-7-13-25(23)31(35)38-28(24)20-22)30(34)33-19-18-32(36)17-9-8-14-26(32)29(33)21-10-4-3-5-11-21/h3-5,10-11,15-16,20,26-27,29,36H,2,6-9,12-14,17-19H2,1H3/t26-,27+,29+,32+/m1/s1. The molecule has 38 heavy (non-hydrogen) atoms. The Morgan fingerprint density at radius 3 is 2.66 bits per heavy atom. The Hall–Kier alpha value is -3.12. The average molecular weight is 516 g/mol. The van der Waals surface area contributed by atoms with Crippen LogP contribution in [0.15, 0.2) is 57.7 Å². The highest BCUT2D eigenvalue weighted by molar-refractivity contribution is 5.84. The molecule has 3 aliphatic rings. The first kappa shape index (κ1) is 25.2. The Labute approximate surface area is 223 Å². The summed E-state index contributed by atoms with van der Waals surface area (Å²) < 4.78 is 12.0. The van der Waals surface area contributed by atoms with Crippen LogP contribution in [0, 0.1) is 5.92 Å². The van der Waals surface area contributed by atoms with Crippen LogP contribution in [0.4, 0.5) is 0 Å². The maximum atomic E-state index is 14.1. The summed E-state index contributed by atoms with van der Waals surface area (Å²) in [5.74, 6) is 0.481. The van der Waals surface area contributed by atoms with Crippen molar-refractivity contribution in [2.45, 2.75) is 88.9 Å². The summed E-state index contributed by atoms with van der Waals surface area (Å²) in [6, 6.07) is 15.6. The van der Waals surface area contributed by atoms with Crippen LogP contribution in [0.1, 0.15) is 81.0 Å². The molecule has 200 valence electrons. The molecule has 2 heterocycles. The highest BCUT2D eigenvalue weighted by atomic mass is 16.5. The second kappa shape index (κ2) is 10.2. The largest absolute Gasteiger partial charge is 0.480 e. The maximum Gasteiger partial charge on any atom is 0.339 e. The molecule has 0 bridgehead atoms. The van der Waals surface area contributed by atoms with Crippen LogP contribution in [-0.2, 0) is 17.6 Å². The van der Waals surface area contributed by atoms with E-state index in [1.54, 1.807) is 6.07 Å². The van der Waals surface area contributed by atoms with Gasteiger partial charge in [0.1, 0.15) is 11.3 Å². The smallest absolute Gasteiger partial charge is 0.339 e. The van der Waals surface area contributed by atoms with Crippen molar-refractivity contribution < 1.29 is 19.1 Å². The van der Waals surface area contributed by atoms with E-state index >= 15 is 0 Å². The highest BCUT2D eigenvalue weighted by Crippen LogP contribution is 2.49. The lowest BCUT2D eigenvalue weighted by molar-refractivity contribution is -0.161. The molecule has 2 aromatic carbocycles. The number of ether oxygens (including phenoxy) is 1. The summed E-state index contributed by atoms with van der Waals surface area (Å²) in [5, 5.41) is 12.5. The number of likely N-dealkylation sites (tertiary alicyclic amines) is 1. The number of amides is 1. The molecule has 6 rings (SSSR count). The summed E-state index contributed by atoms with van der Waals surface area (Å²) in [5.41, 5.74) is 2.50. The maximum absolute atomic E-state index is 14.1. The van der Waals surface area contributed by atoms with E-state index in [2.05, 4.69) is 12.1 Å². The van der Waals surface area contributed by atoms with Gasteiger partial charge in [-0.2, -0.15) is 0 Å². The first-order valence-electron chi connectivity index (χ1n) is 14.3. The van der Waals surface area contributed by atoms with E-state index < -0.39 is 11.7 Å². The van der Waals surface area contributed by atoms with Gasteiger partial charge in [0.15, 0.2) is 6.10 Å². The van der Waals surface area contributed by atoms with E-state index in [0.717, 1.165) is 73.4 Å². The molecule has 2 aliphatic carbocycles. The van der Waals surface area contributed by atoms with E-state index in [-0.39, 0.29) is 23.5 Å². The predicted molar refractivity (Wildman–Crippen MR) is 146 cm³/mol. The van der Waals surface area contributed by atoms with Crippen molar-refractivity contribution in [3.05, 3.63) is 75.6 Å². The summed E-state index contributed by atoms with van der Waals surface area (Å²) in [6.07, 6.45) is 7.99. The Bertz CT molecular complexity index is 1380. The molecule has 2 fully saturated rings. The van der Waals surface area contributed by atoms with Gasteiger partial charge >= 0.3 is 5.63 Å². The van der Waals surface area contributed by atoms with Crippen LogP contribution in [0.5, 0.6) is 5.75 Å². The average Bonchev–Trinajstić information content (AvgIpc) is 2.95. The van der Waals surface area contributed by atoms with Crippen LogP contribution in [0.3, 0.4) is 0 Å². The first-order valence-corrected chi connectivity index (χ1v) is 14.3. The Morgan fingerprint density at radius 2 is 1.87 bits per heavy atom. The third-order valence-electron chi connectivity index (χ3n) is 9.11. The van der Waals surface area contributed by atoms with E-state index in [1.165, 1.54) is 0 Å². The van der Waals surface area contributed by atoms with Gasteiger partial charge in [-0.05, 0) is 74.6 Å². The topological polar surface area (TPSA) is 80.0 Å². The zero-order chi connectivity index (χ0) is 26.3. The van der Waals surface area contributed by atoms with Crippen molar-refractivity contribution in [2.75, 3.05) is 6.54 Å². The Balaban J connectivity index is 1.29. The van der Waals surface area contributed by atoms with Gasteiger partial charge in [-0.15, -0.1) is 0 Å². The fourth-order valence-electron chi connectivity index (χ4n) is 7.15. The number of fused-ring (bicyclic) bond motifs is 4. The van der Waals surface area contributed by atoms with Crippen molar-refractivity contribution >= 4 is 16.9 Å². The van der Waals surface area contributed by atoms with Crippen molar-refractivity contribution in [3.63, 3.8) is 0 Å². The number of rotatable bonds is 5. The lowest BCUT2D eigenvalue weighted by atomic mass is 9.66. The number of benzene rings is 2. The van der Waals surface area contributed by atoms with Crippen molar-refractivity contribution in [1.29, 1.82) is 0 Å². The third kappa shape index (κ3) is 4.43. The van der Waals surface area contributed by atoms with Gasteiger partial charge in [-0.3, -0.25) is 4.79 Å². The Morgan fingerprint density at radius 1 is 1.08 bits per heavy atom. The molecule has 1 aromatic heterocycles. The molecule has 1 aliphatic heterocycles. The molecule has 3 aromatic rings. The fourth-order valence-corrected chi connectivity index (χ4v) is 7.15. The summed E-state index contributed by atoms with van der Waals surface area (Å²) in [4.78, 5) is 28.6. The molecule has 1 amide bonds. The van der Waals surface area contributed by atoms with Gasteiger partial charge in [-0.1, -0.05) is 50.1 Å². The number of aryl methyl sites for hydroxylation is 1. The fraction of sp³-hybridized carbons (Fsp3) is 0.500.